The molecule has 0 spiro atoms. The first-order chi connectivity index (χ1) is 5.55. The van der Waals surface area contributed by atoms with Crippen LogP contribution in [0.15, 0.2) is 11.6 Å². The molecule has 2 rings (SSSR count). The van der Waals surface area contributed by atoms with Crippen LogP contribution in [0.25, 0.3) is 0 Å². The quantitative estimate of drug-likeness (QED) is 0.436. The van der Waals surface area contributed by atoms with Gasteiger partial charge in [-0.2, -0.15) is 0 Å². The van der Waals surface area contributed by atoms with Gasteiger partial charge in [-0.15, -0.1) is 0 Å². The Bertz CT molecular complexity index is 215. The molecule has 12 heavy (non-hydrogen) atoms. The fourth-order valence-electron chi connectivity index (χ4n) is 2.90. The van der Waals surface area contributed by atoms with Gasteiger partial charge in [0.1, 0.15) is 0 Å². The van der Waals surface area contributed by atoms with Crippen molar-refractivity contribution in [2.75, 3.05) is 0 Å². The molecule has 0 aliphatic heterocycles. The SMILES string of the molecule is CC1(C)C=C2CC(Br)CC(C2)C1. The first-order valence-corrected chi connectivity index (χ1v) is 5.81. The summed E-state index contributed by atoms with van der Waals surface area (Å²) >= 11 is 3.74. The molecule has 0 amide bonds. The van der Waals surface area contributed by atoms with Crippen molar-refractivity contribution in [3.63, 3.8) is 0 Å². The monoisotopic (exact) mass is 228 g/mol. The van der Waals surface area contributed by atoms with Crippen molar-refractivity contribution in [2.24, 2.45) is 11.3 Å². The van der Waals surface area contributed by atoms with Crippen molar-refractivity contribution < 1.29 is 0 Å². The molecule has 0 radical (unpaired) electrons. The first-order valence-electron chi connectivity index (χ1n) is 4.90. The second-order valence-electron chi connectivity index (χ2n) is 5.10. The molecule has 2 aliphatic rings. The van der Waals surface area contributed by atoms with E-state index in [0.717, 1.165) is 10.7 Å². The fraction of sp³-hybridized carbons (Fsp3) is 0.818. The molecule has 0 aromatic rings. The van der Waals surface area contributed by atoms with Gasteiger partial charge in [-0.05, 0) is 37.0 Å². The molecule has 2 unspecified atom stereocenters. The lowest BCUT2D eigenvalue weighted by atomic mass is 9.68. The van der Waals surface area contributed by atoms with Gasteiger partial charge in [-0.3, -0.25) is 0 Å². The van der Waals surface area contributed by atoms with E-state index in [9.17, 15) is 0 Å². The standard InChI is InChI=1S/C11H17Br/c1-11(2)6-8-3-9(7-11)5-10(12)4-8/h6,9-10H,3-5,7H2,1-2H3. The second-order valence-corrected chi connectivity index (χ2v) is 6.40. The van der Waals surface area contributed by atoms with Gasteiger partial charge in [0.25, 0.3) is 0 Å². The molecule has 68 valence electrons. The number of fused-ring (bicyclic) bond motifs is 2. The molecule has 0 aromatic carbocycles. The van der Waals surface area contributed by atoms with E-state index in [1.807, 2.05) is 0 Å². The van der Waals surface area contributed by atoms with Crippen LogP contribution in [-0.4, -0.2) is 4.83 Å². The van der Waals surface area contributed by atoms with Gasteiger partial charge in [0, 0.05) is 4.83 Å². The molecule has 1 fully saturated rings. The Morgan fingerprint density at radius 3 is 2.83 bits per heavy atom. The third-order valence-corrected chi connectivity index (χ3v) is 3.73. The van der Waals surface area contributed by atoms with Gasteiger partial charge in [0.05, 0.1) is 0 Å². The Labute approximate surface area is 83.6 Å². The largest absolute Gasteiger partial charge is 0.0887 e. The predicted molar refractivity (Wildman–Crippen MR) is 56.5 cm³/mol. The van der Waals surface area contributed by atoms with Crippen LogP contribution < -0.4 is 0 Å². The Kier molecular flexibility index (Phi) is 2.10. The highest BCUT2D eigenvalue weighted by molar-refractivity contribution is 9.09. The van der Waals surface area contributed by atoms with E-state index in [2.05, 4.69) is 35.9 Å². The number of halogens is 1. The lowest BCUT2D eigenvalue weighted by molar-refractivity contribution is 0.268. The van der Waals surface area contributed by atoms with E-state index in [1.165, 1.54) is 25.7 Å². The minimum Gasteiger partial charge on any atom is -0.0887 e. The smallest absolute Gasteiger partial charge is 0.0185 e. The van der Waals surface area contributed by atoms with Crippen LogP contribution in [0.3, 0.4) is 0 Å². The van der Waals surface area contributed by atoms with E-state index >= 15 is 0 Å². The first kappa shape index (κ1) is 8.80. The van der Waals surface area contributed by atoms with Gasteiger partial charge in [0.15, 0.2) is 0 Å². The van der Waals surface area contributed by atoms with E-state index in [0.29, 0.717) is 5.41 Å². The highest BCUT2D eigenvalue weighted by Gasteiger charge is 2.32. The normalized spacial score (nSPS) is 39.1. The Balaban J connectivity index is 2.22. The number of hydrogen-bond donors (Lipinski definition) is 0. The highest BCUT2D eigenvalue weighted by Crippen LogP contribution is 2.45. The summed E-state index contributed by atoms with van der Waals surface area (Å²) < 4.78 is 0. The van der Waals surface area contributed by atoms with Gasteiger partial charge in [-0.25, -0.2) is 0 Å². The third-order valence-electron chi connectivity index (χ3n) is 3.03. The van der Waals surface area contributed by atoms with Crippen LogP contribution in [0, 0.1) is 11.3 Å². The molecule has 0 heterocycles. The molecule has 1 heteroatoms. The maximum Gasteiger partial charge on any atom is 0.0185 e. The minimum absolute atomic E-state index is 0.478. The van der Waals surface area contributed by atoms with Crippen LogP contribution in [0.5, 0.6) is 0 Å². The van der Waals surface area contributed by atoms with Crippen molar-refractivity contribution >= 4 is 15.9 Å². The zero-order valence-corrected chi connectivity index (χ0v) is 9.52. The molecule has 0 N–H and O–H groups in total. The summed E-state index contributed by atoms with van der Waals surface area (Å²) in [6.07, 6.45) is 7.96. The van der Waals surface area contributed by atoms with Crippen molar-refractivity contribution in [3.05, 3.63) is 11.6 Å². The second kappa shape index (κ2) is 2.87. The van der Waals surface area contributed by atoms with Crippen LogP contribution in [0.4, 0.5) is 0 Å². The molecule has 1 saturated carbocycles. The van der Waals surface area contributed by atoms with E-state index in [-0.39, 0.29) is 0 Å². The average Bonchev–Trinajstić information content (AvgIpc) is 1.78. The van der Waals surface area contributed by atoms with Gasteiger partial charge >= 0.3 is 0 Å². The molecular formula is C11H17Br. The van der Waals surface area contributed by atoms with Crippen molar-refractivity contribution in [1.82, 2.24) is 0 Å². The summed E-state index contributed by atoms with van der Waals surface area (Å²) in [6, 6.07) is 0. The molecule has 2 atom stereocenters. The Morgan fingerprint density at radius 2 is 2.17 bits per heavy atom. The lowest BCUT2D eigenvalue weighted by Gasteiger charge is -2.39. The summed E-state index contributed by atoms with van der Waals surface area (Å²) in [6.45, 7) is 4.74. The molecule has 2 aliphatic carbocycles. The number of alkyl halides is 1. The van der Waals surface area contributed by atoms with E-state index in [4.69, 9.17) is 0 Å². The number of allylic oxidation sites excluding steroid dienone is 2. The van der Waals surface area contributed by atoms with E-state index in [1.54, 1.807) is 5.57 Å². The maximum absolute atomic E-state index is 3.74. The number of rotatable bonds is 0. The molecule has 2 bridgehead atoms. The van der Waals surface area contributed by atoms with Crippen LogP contribution in [-0.2, 0) is 0 Å². The molecule has 0 nitrogen and oxygen atoms in total. The Morgan fingerprint density at radius 1 is 1.42 bits per heavy atom. The average molecular weight is 229 g/mol. The zero-order chi connectivity index (χ0) is 8.77. The third kappa shape index (κ3) is 1.76. The zero-order valence-electron chi connectivity index (χ0n) is 7.94. The summed E-state index contributed by atoms with van der Waals surface area (Å²) in [5.41, 5.74) is 2.18. The van der Waals surface area contributed by atoms with Crippen molar-refractivity contribution in [2.45, 2.75) is 44.4 Å². The highest BCUT2D eigenvalue weighted by atomic mass is 79.9. The lowest BCUT2D eigenvalue weighted by Crippen LogP contribution is -2.27. The van der Waals surface area contributed by atoms with E-state index < -0.39 is 0 Å². The Hall–Kier alpha value is 0.220. The molecule has 0 saturated heterocycles. The maximum atomic E-state index is 3.74. The number of hydrogen-bond acceptors (Lipinski definition) is 0. The van der Waals surface area contributed by atoms with Crippen molar-refractivity contribution in [3.8, 4) is 0 Å². The summed E-state index contributed by atoms with van der Waals surface area (Å²) in [4.78, 5) is 0.763. The molecule has 0 aromatic heterocycles. The molecular weight excluding hydrogens is 212 g/mol. The fourth-order valence-corrected chi connectivity index (χ4v) is 3.84. The minimum atomic E-state index is 0.478. The van der Waals surface area contributed by atoms with Crippen LogP contribution >= 0.6 is 15.9 Å². The topological polar surface area (TPSA) is 0 Å². The van der Waals surface area contributed by atoms with Crippen LogP contribution in [0.1, 0.15) is 39.5 Å². The van der Waals surface area contributed by atoms with Gasteiger partial charge < -0.3 is 0 Å². The predicted octanol–water partition coefficient (Wildman–Crippen LogP) is 3.91. The van der Waals surface area contributed by atoms with Crippen molar-refractivity contribution in [1.29, 1.82) is 0 Å². The van der Waals surface area contributed by atoms with Crippen LogP contribution in [0.2, 0.25) is 0 Å². The summed E-state index contributed by atoms with van der Waals surface area (Å²) in [5, 5.41) is 0. The summed E-state index contributed by atoms with van der Waals surface area (Å²) in [7, 11) is 0. The van der Waals surface area contributed by atoms with Gasteiger partial charge in [0.2, 0.25) is 0 Å². The van der Waals surface area contributed by atoms with Gasteiger partial charge in [-0.1, -0.05) is 41.4 Å². The summed E-state index contributed by atoms with van der Waals surface area (Å²) in [5.74, 6) is 0.957.